The first kappa shape index (κ1) is 14.6. The Morgan fingerprint density at radius 2 is 2.26 bits per heavy atom. The summed E-state index contributed by atoms with van der Waals surface area (Å²) < 4.78 is 5.90. The molecule has 0 saturated carbocycles. The van der Waals surface area contributed by atoms with Crippen molar-refractivity contribution in [1.29, 1.82) is 0 Å². The van der Waals surface area contributed by atoms with Crippen molar-refractivity contribution in [3.63, 3.8) is 0 Å². The number of nitrogens with one attached hydrogen (secondary N) is 1. The van der Waals surface area contributed by atoms with Gasteiger partial charge in [0.15, 0.2) is 0 Å². The molecule has 2 heterocycles. The van der Waals surface area contributed by atoms with E-state index in [0.717, 1.165) is 37.1 Å². The molecule has 0 aromatic carbocycles. The van der Waals surface area contributed by atoms with Gasteiger partial charge in [-0.2, -0.15) is 0 Å². The highest BCUT2D eigenvalue weighted by Gasteiger charge is 2.19. The van der Waals surface area contributed by atoms with E-state index in [1.54, 1.807) is 0 Å². The Bertz CT molecular complexity index is 386. The smallest absolute Gasteiger partial charge is 0.118 e. The van der Waals surface area contributed by atoms with Crippen LogP contribution in [0, 0.1) is 12.8 Å². The maximum Gasteiger partial charge on any atom is 0.118 e. The summed E-state index contributed by atoms with van der Waals surface area (Å²) in [6, 6.07) is 2.23. The van der Waals surface area contributed by atoms with Gasteiger partial charge in [-0.25, -0.2) is 0 Å². The van der Waals surface area contributed by atoms with Crippen LogP contribution in [0.3, 0.4) is 0 Å². The maximum atomic E-state index is 5.90. The van der Waals surface area contributed by atoms with Crippen LogP contribution in [-0.4, -0.2) is 24.5 Å². The average Bonchev–Trinajstić information content (AvgIpc) is 2.76. The van der Waals surface area contributed by atoms with Gasteiger partial charge in [-0.1, -0.05) is 20.3 Å². The van der Waals surface area contributed by atoms with Gasteiger partial charge in [-0.15, -0.1) is 0 Å². The summed E-state index contributed by atoms with van der Waals surface area (Å²) in [4.78, 5) is 2.55. The molecule has 1 fully saturated rings. The second kappa shape index (κ2) is 7.11. The molecule has 3 nitrogen and oxygen atoms in total. The molecular weight excluding hydrogens is 236 g/mol. The number of rotatable bonds is 6. The molecule has 0 spiro atoms. The lowest BCUT2D eigenvalue weighted by Gasteiger charge is -2.31. The molecule has 108 valence electrons. The van der Waals surface area contributed by atoms with Gasteiger partial charge in [0.25, 0.3) is 0 Å². The van der Waals surface area contributed by atoms with Gasteiger partial charge in [0.2, 0.25) is 0 Å². The van der Waals surface area contributed by atoms with Gasteiger partial charge >= 0.3 is 0 Å². The fourth-order valence-electron chi connectivity index (χ4n) is 2.95. The third-order valence-corrected chi connectivity index (χ3v) is 4.20. The second-order valence-electron chi connectivity index (χ2n) is 5.73. The SMILES string of the molecule is CCNCc1cc(CN2CCCC(CC)C2)oc1C. The molecule has 0 amide bonds. The lowest BCUT2D eigenvalue weighted by atomic mass is 9.96. The van der Waals surface area contributed by atoms with Crippen LogP contribution in [-0.2, 0) is 13.1 Å². The summed E-state index contributed by atoms with van der Waals surface area (Å²) in [5.41, 5.74) is 1.31. The lowest BCUT2D eigenvalue weighted by molar-refractivity contribution is 0.154. The minimum absolute atomic E-state index is 0.881. The van der Waals surface area contributed by atoms with Crippen LogP contribution in [0.4, 0.5) is 0 Å². The molecule has 3 heteroatoms. The number of likely N-dealkylation sites (tertiary alicyclic amines) is 1. The molecule has 0 bridgehead atoms. The summed E-state index contributed by atoms with van der Waals surface area (Å²) in [6.07, 6.45) is 4.04. The predicted octanol–water partition coefficient (Wildman–Crippen LogP) is 3.32. The van der Waals surface area contributed by atoms with Crippen molar-refractivity contribution in [3.8, 4) is 0 Å². The molecule has 1 unspecified atom stereocenters. The van der Waals surface area contributed by atoms with Gasteiger partial charge in [-0.05, 0) is 44.8 Å². The normalized spacial score (nSPS) is 20.9. The molecule has 1 N–H and O–H groups in total. The van der Waals surface area contributed by atoms with Crippen LogP contribution in [0.1, 0.15) is 50.2 Å². The second-order valence-corrected chi connectivity index (χ2v) is 5.73. The number of piperidine rings is 1. The molecule has 1 saturated heterocycles. The van der Waals surface area contributed by atoms with E-state index in [1.165, 1.54) is 37.9 Å². The first-order valence-corrected chi connectivity index (χ1v) is 7.74. The van der Waals surface area contributed by atoms with Crippen molar-refractivity contribution in [2.24, 2.45) is 5.92 Å². The molecule has 1 aliphatic heterocycles. The van der Waals surface area contributed by atoms with E-state index in [1.807, 2.05) is 0 Å². The van der Waals surface area contributed by atoms with Crippen LogP contribution in [0.25, 0.3) is 0 Å². The Morgan fingerprint density at radius 1 is 1.42 bits per heavy atom. The Morgan fingerprint density at radius 3 is 3.00 bits per heavy atom. The van der Waals surface area contributed by atoms with Gasteiger partial charge in [-0.3, -0.25) is 4.90 Å². The fraction of sp³-hybridized carbons (Fsp3) is 0.750. The van der Waals surface area contributed by atoms with Crippen LogP contribution in [0.2, 0.25) is 0 Å². The predicted molar refractivity (Wildman–Crippen MR) is 79.1 cm³/mol. The fourth-order valence-corrected chi connectivity index (χ4v) is 2.95. The summed E-state index contributed by atoms with van der Waals surface area (Å²) >= 11 is 0. The third kappa shape index (κ3) is 4.08. The van der Waals surface area contributed by atoms with Gasteiger partial charge in [0.05, 0.1) is 6.54 Å². The van der Waals surface area contributed by atoms with Crippen molar-refractivity contribution in [1.82, 2.24) is 10.2 Å². The monoisotopic (exact) mass is 264 g/mol. The van der Waals surface area contributed by atoms with Gasteiger partial charge < -0.3 is 9.73 Å². The summed E-state index contributed by atoms with van der Waals surface area (Å²) in [5.74, 6) is 3.08. The van der Waals surface area contributed by atoms with E-state index in [9.17, 15) is 0 Å². The topological polar surface area (TPSA) is 28.4 Å². The number of aryl methyl sites for hydroxylation is 1. The average molecular weight is 264 g/mol. The first-order valence-electron chi connectivity index (χ1n) is 7.74. The van der Waals surface area contributed by atoms with Crippen LogP contribution in [0.15, 0.2) is 10.5 Å². The highest BCUT2D eigenvalue weighted by atomic mass is 16.3. The van der Waals surface area contributed by atoms with Crippen molar-refractivity contribution in [2.45, 2.75) is 53.1 Å². The first-order chi connectivity index (χ1) is 9.22. The zero-order valence-electron chi connectivity index (χ0n) is 12.7. The quantitative estimate of drug-likeness (QED) is 0.854. The zero-order chi connectivity index (χ0) is 13.7. The van der Waals surface area contributed by atoms with Crippen molar-refractivity contribution >= 4 is 0 Å². The van der Waals surface area contributed by atoms with Crippen LogP contribution >= 0.6 is 0 Å². The summed E-state index contributed by atoms with van der Waals surface area (Å²) in [5, 5.41) is 3.36. The lowest BCUT2D eigenvalue weighted by Crippen LogP contribution is -2.34. The molecule has 0 aliphatic carbocycles. The zero-order valence-corrected chi connectivity index (χ0v) is 12.7. The van der Waals surface area contributed by atoms with E-state index in [2.05, 4.69) is 37.1 Å². The molecule has 1 aromatic rings. The largest absolute Gasteiger partial charge is 0.465 e. The Kier molecular flexibility index (Phi) is 5.46. The molecular formula is C16H28N2O. The van der Waals surface area contributed by atoms with E-state index in [4.69, 9.17) is 4.42 Å². The van der Waals surface area contributed by atoms with Gasteiger partial charge in [0.1, 0.15) is 11.5 Å². The number of furan rings is 1. The molecule has 1 aromatic heterocycles. The summed E-state index contributed by atoms with van der Waals surface area (Å²) in [6.45, 7) is 11.9. The van der Waals surface area contributed by atoms with Crippen molar-refractivity contribution in [3.05, 3.63) is 23.2 Å². The Labute approximate surface area is 117 Å². The standard InChI is InChI=1S/C16H28N2O/c1-4-14-7-6-8-18(11-14)12-16-9-15(10-17-5-2)13(3)19-16/h9,14,17H,4-8,10-12H2,1-3H3. The van der Waals surface area contributed by atoms with E-state index < -0.39 is 0 Å². The number of nitrogens with zero attached hydrogens (tertiary/aromatic N) is 1. The molecule has 1 atom stereocenters. The van der Waals surface area contributed by atoms with E-state index >= 15 is 0 Å². The molecule has 2 rings (SSSR count). The van der Waals surface area contributed by atoms with Gasteiger partial charge in [0, 0.05) is 18.7 Å². The molecule has 19 heavy (non-hydrogen) atoms. The molecule has 1 aliphatic rings. The van der Waals surface area contributed by atoms with Crippen LogP contribution in [0.5, 0.6) is 0 Å². The minimum atomic E-state index is 0.881. The number of hydrogen-bond donors (Lipinski definition) is 1. The van der Waals surface area contributed by atoms with Crippen LogP contribution < -0.4 is 5.32 Å². The minimum Gasteiger partial charge on any atom is -0.465 e. The van der Waals surface area contributed by atoms with Crippen molar-refractivity contribution < 1.29 is 4.42 Å². The highest BCUT2D eigenvalue weighted by molar-refractivity contribution is 5.20. The van der Waals surface area contributed by atoms with Crippen molar-refractivity contribution in [2.75, 3.05) is 19.6 Å². The van der Waals surface area contributed by atoms with E-state index in [-0.39, 0.29) is 0 Å². The summed E-state index contributed by atoms with van der Waals surface area (Å²) in [7, 11) is 0. The Balaban J connectivity index is 1.91. The highest BCUT2D eigenvalue weighted by Crippen LogP contribution is 2.22. The third-order valence-electron chi connectivity index (χ3n) is 4.20. The molecule has 0 radical (unpaired) electrons. The Hall–Kier alpha value is -0.800. The van der Waals surface area contributed by atoms with E-state index in [0.29, 0.717) is 0 Å². The maximum absolute atomic E-state index is 5.90. The number of hydrogen-bond acceptors (Lipinski definition) is 3.